The van der Waals surface area contributed by atoms with E-state index < -0.39 is 0 Å². The number of rotatable bonds is 4. The smallest absolute Gasteiger partial charge is 0.107 e. The van der Waals surface area contributed by atoms with Crippen LogP contribution in [0.2, 0.25) is 0 Å². The molecular weight excluding hydrogens is 308 g/mol. The van der Waals surface area contributed by atoms with Crippen LogP contribution in [0.1, 0.15) is 44.3 Å². The summed E-state index contributed by atoms with van der Waals surface area (Å²) in [5, 5.41) is 4.64. The quantitative estimate of drug-likeness (QED) is 0.774. The van der Waals surface area contributed by atoms with E-state index in [2.05, 4.69) is 47.0 Å². The van der Waals surface area contributed by atoms with E-state index in [9.17, 15) is 0 Å². The van der Waals surface area contributed by atoms with Crippen LogP contribution in [0, 0.1) is 5.92 Å². The maximum atomic E-state index is 4.78. The van der Waals surface area contributed by atoms with Gasteiger partial charge in [-0.2, -0.15) is 0 Å². The zero-order chi connectivity index (χ0) is 13.2. The Labute approximate surface area is 123 Å². The number of alkyl halides is 1. The van der Waals surface area contributed by atoms with Gasteiger partial charge in [-0.1, -0.05) is 36.7 Å². The predicted molar refractivity (Wildman–Crippen MR) is 82.6 cm³/mol. The fourth-order valence-corrected chi connectivity index (χ4v) is 4.08. The summed E-state index contributed by atoms with van der Waals surface area (Å²) in [5.74, 6) is 0.881. The third-order valence-corrected chi connectivity index (χ3v) is 4.86. The van der Waals surface area contributed by atoms with Gasteiger partial charge in [0, 0.05) is 22.7 Å². The molecule has 0 aromatic carbocycles. The van der Waals surface area contributed by atoms with E-state index in [1.807, 2.05) is 11.3 Å². The molecule has 0 saturated carbocycles. The second-order valence-corrected chi connectivity index (χ2v) is 7.98. The van der Waals surface area contributed by atoms with Crippen LogP contribution in [0.25, 0.3) is 0 Å². The summed E-state index contributed by atoms with van der Waals surface area (Å²) in [4.78, 5) is 7.34. The molecule has 2 rings (SSSR count). The number of halogens is 1. The van der Waals surface area contributed by atoms with Crippen LogP contribution in [-0.2, 0) is 12.0 Å². The molecule has 0 N–H and O–H groups in total. The van der Waals surface area contributed by atoms with E-state index in [1.54, 1.807) is 0 Å². The molecule has 4 heteroatoms. The largest absolute Gasteiger partial charge is 0.296 e. The number of hydrogen-bond acceptors (Lipinski definition) is 3. The van der Waals surface area contributed by atoms with Crippen LogP contribution in [0.3, 0.4) is 0 Å². The summed E-state index contributed by atoms with van der Waals surface area (Å²) in [6.45, 7) is 10.2. The number of thiazole rings is 1. The molecule has 1 saturated heterocycles. The van der Waals surface area contributed by atoms with Crippen molar-refractivity contribution in [3.05, 3.63) is 16.1 Å². The van der Waals surface area contributed by atoms with Gasteiger partial charge in [-0.25, -0.2) is 4.98 Å². The SMILES string of the molecule is CC(C)(C)c1csc(CN2CCC(CCBr)C2)n1. The highest BCUT2D eigenvalue weighted by atomic mass is 79.9. The van der Waals surface area contributed by atoms with Crippen LogP contribution in [-0.4, -0.2) is 28.3 Å². The predicted octanol–water partition coefficient (Wildman–Crippen LogP) is 4.05. The van der Waals surface area contributed by atoms with Crippen molar-refractivity contribution >= 4 is 27.3 Å². The first kappa shape index (κ1) is 14.5. The fraction of sp³-hybridized carbons (Fsp3) is 0.786. The van der Waals surface area contributed by atoms with Crippen LogP contribution in [0.4, 0.5) is 0 Å². The molecule has 2 heterocycles. The highest BCUT2D eigenvalue weighted by molar-refractivity contribution is 9.09. The molecule has 1 unspecified atom stereocenters. The molecule has 1 aliphatic heterocycles. The highest BCUT2D eigenvalue weighted by Gasteiger charge is 2.23. The van der Waals surface area contributed by atoms with Crippen molar-refractivity contribution in [2.45, 2.75) is 45.6 Å². The lowest BCUT2D eigenvalue weighted by molar-refractivity contribution is 0.314. The molecule has 18 heavy (non-hydrogen) atoms. The van der Waals surface area contributed by atoms with Gasteiger partial charge in [-0.05, 0) is 25.3 Å². The van der Waals surface area contributed by atoms with E-state index >= 15 is 0 Å². The van der Waals surface area contributed by atoms with Crippen molar-refractivity contribution in [2.24, 2.45) is 5.92 Å². The molecule has 0 radical (unpaired) electrons. The molecule has 0 bridgehead atoms. The van der Waals surface area contributed by atoms with Crippen molar-refractivity contribution in [1.82, 2.24) is 9.88 Å². The summed E-state index contributed by atoms with van der Waals surface area (Å²) >= 11 is 5.36. The van der Waals surface area contributed by atoms with Gasteiger partial charge >= 0.3 is 0 Å². The third-order valence-electron chi connectivity index (χ3n) is 3.57. The first-order valence-electron chi connectivity index (χ1n) is 6.72. The lowest BCUT2D eigenvalue weighted by Gasteiger charge is -2.15. The molecule has 2 nitrogen and oxygen atoms in total. The van der Waals surface area contributed by atoms with Gasteiger partial charge in [-0.15, -0.1) is 11.3 Å². The molecule has 0 spiro atoms. The third kappa shape index (κ3) is 3.78. The minimum Gasteiger partial charge on any atom is -0.296 e. The van der Waals surface area contributed by atoms with Crippen molar-refractivity contribution in [2.75, 3.05) is 18.4 Å². The number of aromatic nitrogens is 1. The van der Waals surface area contributed by atoms with E-state index in [-0.39, 0.29) is 5.41 Å². The lowest BCUT2D eigenvalue weighted by Crippen LogP contribution is -2.20. The van der Waals surface area contributed by atoms with Gasteiger partial charge in [0.15, 0.2) is 0 Å². The lowest BCUT2D eigenvalue weighted by atomic mass is 9.93. The van der Waals surface area contributed by atoms with Crippen LogP contribution < -0.4 is 0 Å². The second-order valence-electron chi connectivity index (χ2n) is 6.24. The average molecular weight is 331 g/mol. The van der Waals surface area contributed by atoms with Gasteiger partial charge < -0.3 is 0 Å². The first-order chi connectivity index (χ1) is 8.49. The zero-order valence-corrected chi connectivity index (χ0v) is 14.0. The molecular formula is C14H23BrN2S. The minimum absolute atomic E-state index is 0.179. The van der Waals surface area contributed by atoms with E-state index in [1.165, 1.54) is 36.6 Å². The van der Waals surface area contributed by atoms with Gasteiger partial charge in [0.05, 0.1) is 12.2 Å². The average Bonchev–Trinajstić information content (AvgIpc) is 2.88. The van der Waals surface area contributed by atoms with Crippen molar-refractivity contribution in [3.8, 4) is 0 Å². The Morgan fingerprint density at radius 2 is 2.28 bits per heavy atom. The van der Waals surface area contributed by atoms with Crippen molar-refractivity contribution < 1.29 is 0 Å². The molecule has 1 aromatic rings. The Bertz CT molecular complexity index is 383. The van der Waals surface area contributed by atoms with Gasteiger partial charge in [-0.3, -0.25) is 4.90 Å². The molecule has 1 atom stereocenters. The maximum absolute atomic E-state index is 4.78. The highest BCUT2D eigenvalue weighted by Crippen LogP contribution is 2.26. The number of likely N-dealkylation sites (tertiary alicyclic amines) is 1. The second kappa shape index (κ2) is 6.02. The van der Waals surface area contributed by atoms with Crippen molar-refractivity contribution in [1.29, 1.82) is 0 Å². The van der Waals surface area contributed by atoms with E-state index in [0.29, 0.717) is 0 Å². The summed E-state index contributed by atoms with van der Waals surface area (Å²) in [6.07, 6.45) is 2.66. The Balaban J connectivity index is 1.89. The standard InChI is InChI=1S/C14H23BrN2S/c1-14(2,3)12-10-18-13(16-12)9-17-7-5-11(8-17)4-6-15/h10-11H,4-9H2,1-3H3. The van der Waals surface area contributed by atoms with Crippen LogP contribution in [0.5, 0.6) is 0 Å². The van der Waals surface area contributed by atoms with Gasteiger partial charge in [0.25, 0.3) is 0 Å². The Kier molecular flexibility index (Phi) is 4.84. The summed E-state index contributed by atoms with van der Waals surface area (Å²) < 4.78 is 0. The monoisotopic (exact) mass is 330 g/mol. The maximum Gasteiger partial charge on any atom is 0.107 e. The van der Waals surface area contributed by atoms with Gasteiger partial charge in [0.1, 0.15) is 5.01 Å². The minimum atomic E-state index is 0.179. The molecule has 0 aliphatic carbocycles. The number of hydrogen-bond donors (Lipinski definition) is 0. The molecule has 0 amide bonds. The molecule has 102 valence electrons. The van der Waals surface area contributed by atoms with E-state index in [4.69, 9.17) is 4.98 Å². The van der Waals surface area contributed by atoms with Gasteiger partial charge in [0.2, 0.25) is 0 Å². The van der Waals surface area contributed by atoms with Crippen molar-refractivity contribution in [3.63, 3.8) is 0 Å². The Morgan fingerprint density at radius 1 is 1.50 bits per heavy atom. The topological polar surface area (TPSA) is 16.1 Å². The molecule has 1 fully saturated rings. The summed E-state index contributed by atoms with van der Waals surface area (Å²) in [7, 11) is 0. The van der Waals surface area contributed by atoms with Crippen LogP contribution in [0.15, 0.2) is 5.38 Å². The van der Waals surface area contributed by atoms with Crippen LogP contribution >= 0.6 is 27.3 Å². The molecule has 1 aromatic heterocycles. The number of nitrogens with zero attached hydrogens (tertiary/aromatic N) is 2. The normalized spacial score (nSPS) is 21.7. The summed E-state index contributed by atoms with van der Waals surface area (Å²) in [5.41, 5.74) is 1.41. The first-order valence-corrected chi connectivity index (χ1v) is 8.72. The molecule has 1 aliphatic rings. The zero-order valence-electron chi connectivity index (χ0n) is 11.6. The fourth-order valence-electron chi connectivity index (χ4n) is 2.37. The Morgan fingerprint density at radius 3 is 2.89 bits per heavy atom. The Hall–Kier alpha value is 0.0700. The van der Waals surface area contributed by atoms with E-state index in [0.717, 1.165) is 17.8 Å². The summed E-state index contributed by atoms with van der Waals surface area (Å²) in [6, 6.07) is 0.